The van der Waals surface area contributed by atoms with Crippen LogP contribution < -0.4 is 5.19 Å². The minimum Gasteiger partial charge on any atom is -0.367 e. The van der Waals surface area contributed by atoms with Crippen LogP contribution in [0.5, 0.6) is 0 Å². The molecule has 0 N–H and O–H groups in total. The van der Waals surface area contributed by atoms with Crippen LogP contribution in [0.4, 0.5) is 4.39 Å². The van der Waals surface area contributed by atoms with Crippen LogP contribution in [0.2, 0.25) is 0 Å². The third-order valence-corrected chi connectivity index (χ3v) is 5.76. The van der Waals surface area contributed by atoms with Gasteiger partial charge >= 0.3 is 8.80 Å². The largest absolute Gasteiger partial charge is 0.537 e. The number of rotatable bonds is 7. The Bertz CT molecular complexity index is 378. The van der Waals surface area contributed by atoms with Gasteiger partial charge in [0.25, 0.3) is 0 Å². The first-order valence-corrected chi connectivity index (χ1v) is 8.77. The zero-order valence-corrected chi connectivity index (χ0v) is 14.1. The zero-order valence-electron chi connectivity index (χ0n) is 13.1. The van der Waals surface area contributed by atoms with Gasteiger partial charge in [0.15, 0.2) is 0 Å². The summed E-state index contributed by atoms with van der Waals surface area (Å²) in [6.07, 6.45) is -0.113. The minimum atomic E-state index is -3.05. The molecule has 0 saturated heterocycles. The van der Waals surface area contributed by atoms with Crippen molar-refractivity contribution in [3.8, 4) is 0 Å². The van der Waals surface area contributed by atoms with E-state index in [0.29, 0.717) is 0 Å². The molecule has 1 rings (SSSR count). The lowest BCUT2D eigenvalue weighted by atomic mass is 10.3. The molecule has 0 heterocycles. The topological polar surface area (TPSA) is 27.7 Å². The van der Waals surface area contributed by atoms with E-state index in [9.17, 15) is 4.39 Å². The molecule has 5 heteroatoms. The van der Waals surface area contributed by atoms with Crippen molar-refractivity contribution in [2.24, 2.45) is 0 Å². The number of benzene rings is 1. The summed E-state index contributed by atoms with van der Waals surface area (Å²) < 4.78 is 31.3. The van der Waals surface area contributed by atoms with Gasteiger partial charge in [-0.1, -0.05) is 12.1 Å². The van der Waals surface area contributed by atoms with E-state index < -0.39 is 8.80 Å². The molecule has 0 unspecified atom stereocenters. The maximum Gasteiger partial charge on any atom is 0.537 e. The van der Waals surface area contributed by atoms with Gasteiger partial charge in [-0.25, -0.2) is 4.39 Å². The molecule has 0 aromatic heterocycles. The molecule has 0 radical (unpaired) electrons. The minimum absolute atomic E-state index is 0.0378. The van der Waals surface area contributed by atoms with Crippen LogP contribution in [0, 0.1) is 5.82 Å². The quantitative estimate of drug-likeness (QED) is 0.724. The van der Waals surface area contributed by atoms with Gasteiger partial charge in [0.05, 0.1) is 0 Å². The van der Waals surface area contributed by atoms with E-state index in [2.05, 4.69) is 0 Å². The number of hydrogen-bond donors (Lipinski definition) is 0. The summed E-state index contributed by atoms with van der Waals surface area (Å²) in [5.74, 6) is -0.282. The second-order valence-electron chi connectivity index (χ2n) is 5.56. The van der Waals surface area contributed by atoms with Gasteiger partial charge in [0.1, 0.15) is 5.82 Å². The summed E-state index contributed by atoms with van der Waals surface area (Å²) in [5, 5.41) is 0.787. The summed E-state index contributed by atoms with van der Waals surface area (Å²) in [7, 11) is -3.05. The van der Waals surface area contributed by atoms with Crippen LogP contribution in [-0.4, -0.2) is 27.1 Å². The predicted molar refractivity (Wildman–Crippen MR) is 80.5 cm³/mol. The van der Waals surface area contributed by atoms with Gasteiger partial charge in [0, 0.05) is 23.5 Å². The first-order valence-electron chi connectivity index (χ1n) is 7.04. The van der Waals surface area contributed by atoms with Crippen molar-refractivity contribution >= 4 is 14.0 Å². The monoisotopic (exact) mass is 300 g/mol. The summed E-state index contributed by atoms with van der Waals surface area (Å²) in [6, 6.07) is 6.20. The highest BCUT2D eigenvalue weighted by Gasteiger charge is 2.46. The lowest BCUT2D eigenvalue weighted by Gasteiger charge is -2.34. The molecule has 0 spiro atoms. The molecule has 0 bridgehead atoms. The lowest BCUT2D eigenvalue weighted by molar-refractivity contribution is 0.0153. The van der Waals surface area contributed by atoms with E-state index in [1.807, 2.05) is 41.5 Å². The first-order chi connectivity index (χ1) is 9.25. The second-order valence-corrected chi connectivity index (χ2v) is 7.96. The first kappa shape index (κ1) is 17.3. The third kappa shape index (κ3) is 4.98. The van der Waals surface area contributed by atoms with Gasteiger partial charge in [-0.05, 0) is 53.7 Å². The molecule has 0 atom stereocenters. The molecule has 0 amide bonds. The highest BCUT2D eigenvalue weighted by molar-refractivity contribution is 6.75. The summed E-state index contributed by atoms with van der Waals surface area (Å²) >= 11 is 0. The van der Waals surface area contributed by atoms with Crippen LogP contribution >= 0.6 is 0 Å². The Balaban J connectivity index is 3.22. The smallest absolute Gasteiger partial charge is 0.367 e. The maximum absolute atomic E-state index is 13.2. The molecule has 0 aliphatic rings. The predicted octanol–water partition coefficient (Wildman–Crippen LogP) is 3.25. The summed E-state index contributed by atoms with van der Waals surface area (Å²) in [6.45, 7) is 11.7. The van der Waals surface area contributed by atoms with Crippen LogP contribution in [-0.2, 0) is 13.3 Å². The molecule has 20 heavy (non-hydrogen) atoms. The van der Waals surface area contributed by atoms with E-state index in [0.717, 1.165) is 5.19 Å². The molecule has 0 saturated carbocycles. The Morgan fingerprint density at radius 2 is 1.10 bits per heavy atom. The SMILES string of the molecule is CC(C)O[Si](OC(C)C)(OC(C)C)c1ccc(F)cc1. The second kappa shape index (κ2) is 7.31. The van der Waals surface area contributed by atoms with Crippen molar-refractivity contribution in [2.75, 3.05) is 0 Å². The molecule has 0 aliphatic carbocycles. The van der Waals surface area contributed by atoms with Crippen molar-refractivity contribution in [3.63, 3.8) is 0 Å². The third-order valence-electron chi connectivity index (χ3n) is 2.37. The van der Waals surface area contributed by atoms with Crippen molar-refractivity contribution in [1.82, 2.24) is 0 Å². The highest BCUT2D eigenvalue weighted by Crippen LogP contribution is 2.18. The van der Waals surface area contributed by atoms with Crippen molar-refractivity contribution < 1.29 is 17.7 Å². The average molecular weight is 300 g/mol. The number of hydrogen-bond acceptors (Lipinski definition) is 3. The standard InChI is InChI=1S/C15H25FO3Si/c1-11(2)17-20(18-12(3)4,19-13(5)6)15-9-7-14(16)8-10-15/h7-13H,1-6H3. The lowest BCUT2D eigenvalue weighted by Crippen LogP contribution is -2.60. The molecule has 3 nitrogen and oxygen atoms in total. The van der Waals surface area contributed by atoms with Crippen molar-refractivity contribution in [3.05, 3.63) is 30.1 Å². The van der Waals surface area contributed by atoms with Gasteiger partial charge in [-0.3, -0.25) is 0 Å². The highest BCUT2D eigenvalue weighted by atomic mass is 28.4. The fraction of sp³-hybridized carbons (Fsp3) is 0.600. The average Bonchev–Trinajstić information content (AvgIpc) is 2.26. The van der Waals surface area contributed by atoms with E-state index >= 15 is 0 Å². The van der Waals surface area contributed by atoms with Crippen molar-refractivity contribution in [2.45, 2.75) is 59.9 Å². The normalized spacial score (nSPS) is 12.7. The maximum atomic E-state index is 13.2. The van der Waals surface area contributed by atoms with Gasteiger partial charge in [-0.15, -0.1) is 0 Å². The van der Waals surface area contributed by atoms with Crippen LogP contribution in [0.15, 0.2) is 24.3 Å². The molecule has 1 aromatic carbocycles. The van der Waals surface area contributed by atoms with Gasteiger partial charge < -0.3 is 13.3 Å². The van der Waals surface area contributed by atoms with Crippen molar-refractivity contribution in [1.29, 1.82) is 0 Å². The van der Waals surface area contributed by atoms with Gasteiger partial charge in [0.2, 0.25) is 0 Å². The molecule has 1 aromatic rings. The van der Waals surface area contributed by atoms with E-state index in [1.54, 1.807) is 12.1 Å². The fourth-order valence-corrected chi connectivity index (χ4v) is 4.88. The van der Waals surface area contributed by atoms with Crippen LogP contribution in [0.25, 0.3) is 0 Å². The summed E-state index contributed by atoms with van der Waals surface area (Å²) in [4.78, 5) is 0. The molecule has 0 aliphatic heterocycles. The van der Waals surface area contributed by atoms with Crippen LogP contribution in [0.1, 0.15) is 41.5 Å². The molecular weight excluding hydrogens is 275 g/mol. The zero-order chi connectivity index (χ0) is 15.3. The molecule has 0 fully saturated rings. The molecule has 114 valence electrons. The van der Waals surface area contributed by atoms with Gasteiger partial charge in [-0.2, -0.15) is 0 Å². The Morgan fingerprint density at radius 3 is 1.40 bits per heavy atom. The van der Waals surface area contributed by atoms with Crippen LogP contribution in [0.3, 0.4) is 0 Å². The fourth-order valence-electron chi connectivity index (χ4n) is 1.87. The number of halogens is 1. The Hall–Kier alpha value is -0.753. The van der Waals surface area contributed by atoms with E-state index in [4.69, 9.17) is 13.3 Å². The van der Waals surface area contributed by atoms with E-state index in [1.165, 1.54) is 12.1 Å². The molecular formula is C15H25FO3Si. The van der Waals surface area contributed by atoms with E-state index in [-0.39, 0.29) is 24.1 Å². The summed E-state index contributed by atoms with van der Waals surface area (Å²) in [5.41, 5.74) is 0. The Kier molecular flexibility index (Phi) is 6.32. The Morgan fingerprint density at radius 1 is 0.750 bits per heavy atom. The Labute approximate surface area is 122 Å².